The van der Waals surface area contributed by atoms with Gasteiger partial charge in [0.2, 0.25) is 0 Å². The van der Waals surface area contributed by atoms with Gasteiger partial charge in [0, 0.05) is 9.79 Å². The third-order valence-corrected chi connectivity index (χ3v) is 4.14. The van der Waals surface area contributed by atoms with Crippen LogP contribution in [0.15, 0.2) is 46.2 Å². The molecule has 0 saturated carbocycles. The zero-order valence-electron chi connectivity index (χ0n) is 10.9. The number of hydrogen-bond donors (Lipinski definition) is 0. The largest absolute Gasteiger partial charge is 0.0895 e. The Balaban J connectivity index is 2.38. The van der Waals surface area contributed by atoms with Crippen LogP contribution in [-0.4, -0.2) is 0 Å². The third kappa shape index (κ3) is 2.92. The van der Waals surface area contributed by atoms with Gasteiger partial charge < -0.3 is 0 Å². The molecule has 0 bridgehead atoms. The Kier molecular flexibility index (Phi) is 3.58. The zero-order chi connectivity index (χ0) is 12.4. The molecule has 17 heavy (non-hydrogen) atoms. The first kappa shape index (κ1) is 12.3. The predicted octanol–water partition coefficient (Wildman–Crippen LogP) is 5.07. The molecule has 2 aromatic rings. The van der Waals surface area contributed by atoms with Crippen LogP contribution < -0.4 is 0 Å². The highest BCUT2D eigenvalue weighted by Gasteiger charge is 2.05. The van der Waals surface area contributed by atoms with Gasteiger partial charge in [-0.1, -0.05) is 36.0 Å². The molecule has 0 unspecified atom stereocenters. The Bertz CT molecular complexity index is 501. The smallest absolute Gasteiger partial charge is 0.0180 e. The molecule has 0 heterocycles. The van der Waals surface area contributed by atoms with E-state index in [0.717, 1.165) is 0 Å². The number of benzene rings is 2. The SMILES string of the molecule is Cc1cc(C)cc(Sc2c(C)cccc2C)c1. The van der Waals surface area contributed by atoms with Crippen LogP contribution in [0.1, 0.15) is 22.3 Å². The summed E-state index contributed by atoms with van der Waals surface area (Å²) in [6.45, 7) is 8.67. The summed E-state index contributed by atoms with van der Waals surface area (Å²) in [6, 6.07) is 13.2. The van der Waals surface area contributed by atoms with Crippen molar-refractivity contribution in [1.82, 2.24) is 0 Å². The predicted molar refractivity (Wildman–Crippen MR) is 76.0 cm³/mol. The zero-order valence-corrected chi connectivity index (χ0v) is 11.7. The summed E-state index contributed by atoms with van der Waals surface area (Å²) in [7, 11) is 0. The van der Waals surface area contributed by atoms with Crippen molar-refractivity contribution in [2.75, 3.05) is 0 Å². The fraction of sp³-hybridized carbons (Fsp3) is 0.250. The Morgan fingerprint density at radius 2 is 1.29 bits per heavy atom. The summed E-state index contributed by atoms with van der Waals surface area (Å²) in [5.41, 5.74) is 5.38. The highest BCUT2D eigenvalue weighted by atomic mass is 32.2. The lowest BCUT2D eigenvalue weighted by atomic mass is 10.1. The summed E-state index contributed by atoms with van der Waals surface area (Å²) in [5.74, 6) is 0. The molecular weight excluding hydrogens is 224 g/mol. The van der Waals surface area contributed by atoms with Gasteiger partial charge in [0.25, 0.3) is 0 Å². The fourth-order valence-corrected chi connectivity index (χ4v) is 3.25. The van der Waals surface area contributed by atoms with Gasteiger partial charge in [0.05, 0.1) is 0 Å². The van der Waals surface area contributed by atoms with E-state index in [1.807, 2.05) is 11.8 Å². The molecular formula is C16H18S. The third-order valence-electron chi connectivity index (χ3n) is 2.82. The molecule has 0 aliphatic heterocycles. The summed E-state index contributed by atoms with van der Waals surface area (Å²) in [4.78, 5) is 2.72. The molecule has 0 N–H and O–H groups in total. The van der Waals surface area contributed by atoms with Crippen LogP contribution in [0.5, 0.6) is 0 Å². The second kappa shape index (κ2) is 4.97. The highest BCUT2D eigenvalue weighted by Crippen LogP contribution is 2.33. The second-order valence-corrected chi connectivity index (χ2v) is 5.73. The van der Waals surface area contributed by atoms with Gasteiger partial charge in [-0.2, -0.15) is 0 Å². The lowest BCUT2D eigenvalue weighted by Gasteiger charge is -2.10. The van der Waals surface area contributed by atoms with Gasteiger partial charge in [0.15, 0.2) is 0 Å². The molecule has 0 saturated heterocycles. The van der Waals surface area contributed by atoms with Crippen molar-refractivity contribution in [2.45, 2.75) is 37.5 Å². The van der Waals surface area contributed by atoms with Crippen molar-refractivity contribution in [2.24, 2.45) is 0 Å². The highest BCUT2D eigenvalue weighted by molar-refractivity contribution is 7.99. The van der Waals surface area contributed by atoms with E-state index in [1.54, 1.807) is 0 Å². The first-order chi connectivity index (χ1) is 8.06. The summed E-state index contributed by atoms with van der Waals surface area (Å²) >= 11 is 1.87. The van der Waals surface area contributed by atoms with Crippen molar-refractivity contribution in [3.63, 3.8) is 0 Å². The molecule has 0 aromatic heterocycles. The van der Waals surface area contributed by atoms with Crippen molar-refractivity contribution in [3.8, 4) is 0 Å². The lowest BCUT2D eigenvalue weighted by Crippen LogP contribution is -1.86. The maximum atomic E-state index is 2.25. The molecule has 0 nitrogen and oxygen atoms in total. The molecule has 0 aliphatic rings. The van der Waals surface area contributed by atoms with Gasteiger partial charge >= 0.3 is 0 Å². The minimum Gasteiger partial charge on any atom is -0.0895 e. The van der Waals surface area contributed by atoms with E-state index in [1.165, 1.54) is 32.0 Å². The maximum Gasteiger partial charge on any atom is 0.0180 e. The molecule has 0 amide bonds. The van der Waals surface area contributed by atoms with E-state index < -0.39 is 0 Å². The van der Waals surface area contributed by atoms with Crippen molar-refractivity contribution in [3.05, 3.63) is 58.7 Å². The van der Waals surface area contributed by atoms with Gasteiger partial charge in [-0.25, -0.2) is 0 Å². The number of rotatable bonds is 2. The van der Waals surface area contributed by atoms with Gasteiger partial charge in [-0.3, -0.25) is 0 Å². The minimum absolute atomic E-state index is 1.33. The number of hydrogen-bond acceptors (Lipinski definition) is 1. The molecule has 2 aromatic carbocycles. The normalized spacial score (nSPS) is 10.6. The Morgan fingerprint density at radius 1 is 0.765 bits per heavy atom. The summed E-state index contributed by atoms with van der Waals surface area (Å²) in [6.07, 6.45) is 0. The first-order valence-electron chi connectivity index (χ1n) is 5.88. The van der Waals surface area contributed by atoms with Gasteiger partial charge in [-0.15, -0.1) is 0 Å². The fourth-order valence-electron chi connectivity index (χ4n) is 2.07. The van der Waals surface area contributed by atoms with Crippen LogP contribution >= 0.6 is 11.8 Å². The van der Waals surface area contributed by atoms with Crippen LogP contribution in [0.2, 0.25) is 0 Å². The molecule has 0 aliphatic carbocycles. The monoisotopic (exact) mass is 242 g/mol. The molecule has 88 valence electrons. The Morgan fingerprint density at radius 3 is 1.82 bits per heavy atom. The van der Waals surface area contributed by atoms with E-state index in [0.29, 0.717) is 0 Å². The maximum absolute atomic E-state index is 2.25. The van der Waals surface area contributed by atoms with Crippen LogP contribution in [0.4, 0.5) is 0 Å². The van der Waals surface area contributed by atoms with E-state index in [-0.39, 0.29) is 0 Å². The van der Waals surface area contributed by atoms with Gasteiger partial charge in [-0.05, 0) is 62.1 Å². The van der Waals surface area contributed by atoms with E-state index in [2.05, 4.69) is 64.1 Å². The Labute approximate surface area is 108 Å². The summed E-state index contributed by atoms with van der Waals surface area (Å²) in [5, 5.41) is 0. The van der Waals surface area contributed by atoms with E-state index >= 15 is 0 Å². The number of aryl methyl sites for hydroxylation is 4. The van der Waals surface area contributed by atoms with Gasteiger partial charge in [0.1, 0.15) is 0 Å². The van der Waals surface area contributed by atoms with Crippen LogP contribution in [0.25, 0.3) is 0 Å². The molecule has 2 rings (SSSR count). The first-order valence-corrected chi connectivity index (χ1v) is 6.70. The van der Waals surface area contributed by atoms with E-state index in [9.17, 15) is 0 Å². The molecule has 0 spiro atoms. The molecule has 0 radical (unpaired) electrons. The molecule has 0 fully saturated rings. The van der Waals surface area contributed by atoms with E-state index in [4.69, 9.17) is 0 Å². The van der Waals surface area contributed by atoms with Crippen molar-refractivity contribution in [1.29, 1.82) is 0 Å². The van der Waals surface area contributed by atoms with Crippen LogP contribution in [0, 0.1) is 27.7 Å². The van der Waals surface area contributed by atoms with Crippen molar-refractivity contribution < 1.29 is 0 Å². The second-order valence-electron chi connectivity index (χ2n) is 4.65. The van der Waals surface area contributed by atoms with Crippen LogP contribution in [0.3, 0.4) is 0 Å². The summed E-state index contributed by atoms with van der Waals surface area (Å²) < 4.78 is 0. The molecule has 1 heteroatoms. The average molecular weight is 242 g/mol. The molecule has 0 atom stereocenters. The quantitative estimate of drug-likeness (QED) is 0.708. The topological polar surface area (TPSA) is 0 Å². The lowest BCUT2D eigenvalue weighted by molar-refractivity contribution is 1.21. The van der Waals surface area contributed by atoms with Crippen molar-refractivity contribution >= 4 is 11.8 Å². The van der Waals surface area contributed by atoms with Crippen LogP contribution in [-0.2, 0) is 0 Å². The Hall–Kier alpha value is -1.21. The average Bonchev–Trinajstić information content (AvgIpc) is 2.22. The minimum atomic E-state index is 1.33. The standard InChI is InChI=1S/C16H18S/c1-11-8-12(2)10-15(9-11)17-16-13(3)6-5-7-14(16)4/h5-10H,1-4H3.